The molecule has 0 atom stereocenters. The second-order valence-electron chi connectivity index (χ2n) is 7.21. The SMILES string of the molecule is C.Cc1cccc(Nc2nc(Nc3cccc(NC(=O)/C=C/Cn4cccn4)c3)ncc2F)c1. The van der Waals surface area contributed by atoms with Crippen LogP contribution in [-0.4, -0.2) is 25.7 Å². The number of hydrogen-bond donors (Lipinski definition) is 3. The molecular formula is C25H26FN7O. The van der Waals surface area contributed by atoms with Gasteiger partial charge in [-0.1, -0.05) is 31.7 Å². The van der Waals surface area contributed by atoms with E-state index in [2.05, 4.69) is 31.0 Å². The zero-order valence-corrected chi connectivity index (χ0v) is 17.9. The lowest BCUT2D eigenvalue weighted by Gasteiger charge is -2.11. The van der Waals surface area contributed by atoms with E-state index in [1.165, 1.54) is 6.08 Å². The van der Waals surface area contributed by atoms with Gasteiger partial charge in [-0.05, 0) is 48.9 Å². The first-order chi connectivity index (χ1) is 16.0. The van der Waals surface area contributed by atoms with Gasteiger partial charge in [0, 0.05) is 35.5 Å². The zero-order valence-electron chi connectivity index (χ0n) is 17.9. The van der Waals surface area contributed by atoms with Crippen LogP contribution in [-0.2, 0) is 11.3 Å². The predicted octanol–water partition coefficient (Wildman–Crippen LogP) is 5.44. The van der Waals surface area contributed by atoms with Gasteiger partial charge in [-0.3, -0.25) is 9.48 Å². The zero-order chi connectivity index (χ0) is 23.0. The molecule has 0 aliphatic rings. The van der Waals surface area contributed by atoms with E-state index in [1.807, 2.05) is 43.5 Å². The number of rotatable bonds is 8. The summed E-state index contributed by atoms with van der Waals surface area (Å²) < 4.78 is 15.9. The van der Waals surface area contributed by atoms with E-state index in [9.17, 15) is 9.18 Å². The number of amides is 1. The van der Waals surface area contributed by atoms with E-state index in [0.717, 1.165) is 17.4 Å². The van der Waals surface area contributed by atoms with Crippen molar-refractivity contribution >= 4 is 34.7 Å². The van der Waals surface area contributed by atoms with Crippen molar-refractivity contribution in [2.75, 3.05) is 16.0 Å². The summed E-state index contributed by atoms with van der Waals surface area (Å²) in [5, 5.41) is 12.9. The van der Waals surface area contributed by atoms with Crippen LogP contribution in [0.5, 0.6) is 0 Å². The van der Waals surface area contributed by atoms with Gasteiger partial charge in [0.25, 0.3) is 0 Å². The number of aromatic nitrogens is 4. The molecule has 4 aromatic rings. The maximum absolute atomic E-state index is 14.2. The molecule has 0 aliphatic heterocycles. The highest BCUT2D eigenvalue weighted by Gasteiger charge is 2.09. The van der Waals surface area contributed by atoms with Gasteiger partial charge in [0.15, 0.2) is 11.6 Å². The van der Waals surface area contributed by atoms with Crippen LogP contribution < -0.4 is 16.0 Å². The molecule has 2 heterocycles. The molecule has 1 amide bonds. The van der Waals surface area contributed by atoms with Gasteiger partial charge >= 0.3 is 0 Å². The maximum Gasteiger partial charge on any atom is 0.248 e. The van der Waals surface area contributed by atoms with Crippen LogP contribution in [0.2, 0.25) is 0 Å². The number of hydrogen-bond acceptors (Lipinski definition) is 6. The van der Waals surface area contributed by atoms with Gasteiger partial charge in [0.1, 0.15) is 0 Å². The van der Waals surface area contributed by atoms with E-state index < -0.39 is 5.82 Å². The van der Waals surface area contributed by atoms with Gasteiger partial charge in [-0.15, -0.1) is 0 Å². The van der Waals surface area contributed by atoms with Crippen LogP contribution >= 0.6 is 0 Å². The van der Waals surface area contributed by atoms with E-state index >= 15 is 0 Å². The fourth-order valence-electron chi connectivity index (χ4n) is 3.04. The fourth-order valence-corrected chi connectivity index (χ4v) is 3.04. The fraction of sp³-hybridized carbons (Fsp3) is 0.120. The second kappa shape index (κ2) is 11.4. The lowest BCUT2D eigenvalue weighted by molar-refractivity contribution is -0.111. The Morgan fingerprint density at radius 2 is 1.82 bits per heavy atom. The lowest BCUT2D eigenvalue weighted by Crippen LogP contribution is -2.09. The Hall–Kier alpha value is -4.53. The molecule has 0 aliphatic carbocycles. The lowest BCUT2D eigenvalue weighted by atomic mass is 10.2. The molecule has 4 rings (SSSR count). The van der Waals surface area contributed by atoms with E-state index in [1.54, 1.807) is 41.2 Å². The van der Waals surface area contributed by atoms with Gasteiger partial charge in [-0.2, -0.15) is 10.1 Å². The summed E-state index contributed by atoms with van der Waals surface area (Å²) in [6, 6.07) is 16.4. The molecular weight excluding hydrogens is 433 g/mol. The largest absolute Gasteiger partial charge is 0.338 e. The summed E-state index contributed by atoms with van der Waals surface area (Å²) in [7, 11) is 0. The third-order valence-corrected chi connectivity index (χ3v) is 4.53. The summed E-state index contributed by atoms with van der Waals surface area (Å²) in [4.78, 5) is 20.4. The minimum absolute atomic E-state index is 0. The van der Waals surface area contributed by atoms with Crippen LogP contribution in [0.4, 0.5) is 33.2 Å². The Bertz CT molecular complexity index is 1270. The molecule has 0 radical (unpaired) electrons. The van der Waals surface area contributed by atoms with Gasteiger partial charge < -0.3 is 16.0 Å². The van der Waals surface area contributed by atoms with Crippen molar-refractivity contribution in [3.05, 3.63) is 96.7 Å². The van der Waals surface area contributed by atoms with Gasteiger partial charge in [0.05, 0.1) is 12.7 Å². The van der Waals surface area contributed by atoms with Crippen molar-refractivity contribution in [1.82, 2.24) is 19.7 Å². The minimum Gasteiger partial charge on any atom is -0.338 e. The minimum atomic E-state index is -0.565. The highest BCUT2D eigenvalue weighted by atomic mass is 19.1. The molecule has 9 heteroatoms. The van der Waals surface area contributed by atoms with Crippen molar-refractivity contribution in [2.24, 2.45) is 0 Å². The number of anilines is 5. The van der Waals surface area contributed by atoms with Crippen molar-refractivity contribution in [3.8, 4) is 0 Å². The summed E-state index contributed by atoms with van der Waals surface area (Å²) >= 11 is 0. The number of carbonyl (C=O) groups excluding carboxylic acids is 1. The summed E-state index contributed by atoms with van der Waals surface area (Å²) in [6.07, 6.45) is 7.77. The van der Waals surface area contributed by atoms with E-state index in [4.69, 9.17) is 0 Å². The van der Waals surface area contributed by atoms with Crippen LogP contribution in [0.25, 0.3) is 0 Å². The van der Waals surface area contributed by atoms with Crippen LogP contribution in [0.15, 0.2) is 85.3 Å². The Morgan fingerprint density at radius 1 is 1.06 bits per heavy atom. The van der Waals surface area contributed by atoms with Crippen molar-refractivity contribution in [3.63, 3.8) is 0 Å². The van der Waals surface area contributed by atoms with Crippen molar-refractivity contribution in [2.45, 2.75) is 20.9 Å². The first-order valence-corrected chi connectivity index (χ1v) is 10.2. The van der Waals surface area contributed by atoms with E-state index in [0.29, 0.717) is 17.9 Å². The topological polar surface area (TPSA) is 96.8 Å². The molecule has 174 valence electrons. The summed E-state index contributed by atoms with van der Waals surface area (Å²) in [5.41, 5.74) is 3.00. The Kier molecular flexibility index (Phi) is 8.07. The number of halogens is 1. The van der Waals surface area contributed by atoms with Gasteiger partial charge in [-0.25, -0.2) is 9.37 Å². The molecule has 2 aromatic carbocycles. The molecule has 0 bridgehead atoms. The molecule has 0 fully saturated rings. The van der Waals surface area contributed by atoms with Crippen LogP contribution in [0.1, 0.15) is 13.0 Å². The van der Waals surface area contributed by atoms with Crippen LogP contribution in [0, 0.1) is 12.7 Å². The maximum atomic E-state index is 14.2. The van der Waals surface area contributed by atoms with E-state index in [-0.39, 0.29) is 25.1 Å². The normalized spacial score (nSPS) is 10.5. The molecule has 0 unspecified atom stereocenters. The monoisotopic (exact) mass is 459 g/mol. The predicted molar refractivity (Wildman–Crippen MR) is 133 cm³/mol. The number of allylic oxidation sites excluding steroid dienone is 1. The first kappa shape index (κ1) is 24.1. The molecule has 8 nitrogen and oxygen atoms in total. The third kappa shape index (κ3) is 6.73. The second-order valence-corrected chi connectivity index (χ2v) is 7.21. The molecule has 0 saturated carbocycles. The quantitative estimate of drug-likeness (QED) is 0.304. The molecule has 0 saturated heterocycles. The smallest absolute Gasteiger partial charge is 0.248 e. The van der Waals surface area contributed by atoms with Crippen molar-refractivity contribution < 1.29 is 9.18 Å². The standard InChI is InChI=1S/C24H22FN7O.CH4/c1-17-6-2-7-18(14-17)29-23-21(25)16-26-24(31-23)30-20-9-3-8-19(15-20)28-22(33)10-4-12-32-13-5-11-27-32;/h2-11,13-16H,12H2,1H3,(H,28,33)(H2,26,29,30,31);1H4/b10-4+;. The highest BCUT2D eigenvalue weighted by molar-refractivity contribution is 5.99. The number of carbonyl (C=O) groups is 1. The third-order valence-electron chi connectivity index (χ3n) is 4.53. The van der Waals surface area contributed by atoms with Crippen LogP contribution in [0.3, 0.4) is 0 Å². The molecule has 3 N–H and O–H groups in total. The average molecular weight is 460 g/mol. The molecule has 2 aromatic heterocycles. The Labute approximate surface area is 197 Å². The Balaban J connectivity index is 0.00000324. The average Bonchev–Trinajstić information content (AvgIpc) is 3.30. The molecule has 0 spiro atoms. The summed E-state index contributed by atoms with van der Waals surface area (Å²) in [5.74, 6) is -0.550. The van der Waals surface area contributed by atoms with Gasteiger partial charge in [0.2, 0.25) is 11.9 Å². The highest BCUT2D eigenvalue weighted by Crippen LogP contribution is 2.22. The first-order valence-electron chi connectivity index (χ1n) is 10.2. The van der Waals surface area contributed by atoms with Crippen molar-refractivity contribution in [1.29, 1.82) is 0 Å². The number of benzene rings is 2. The number of nitrogens with zero attached hydrogens (tertiary/aromatic N) is 4. The number of aryl methyl sites for hydroxylation is 1. The molecule has 34 heavy (non-hydrogen) atoms. The Morgan fingerprint density at radius 3 is 2.59 bits per heavy atom. The number of nitrogens with one attached hydrogen (secondary N) is 3. The summed E-state index contributed by atoms with van der Waals surface area (Å²) in [6.45, 7) is 2.46.